The molecule has 0 bridgehead atoms. The first-order valence-electron chi connectivity index (χ1n) is 13.2. The molecule has 0 radical (unpaired) electrons. The van der Waals surface area contributed by atoms with Crippen LogP contribution in [-0.2, 0) is 0 Å². The molecule has 4 N–H and O–H groups in total. The average Bonchev–Trinajstić information content (AvgIpc) is 2.94. The van der Waals surface area contributed by atoms with Crippen LogP contribution in [0.15, 0.2) is 63.9 Å². The number of nitrogens with zero attached hydrogens (tertiary/aromatic N) is 7. The van der Waals surface area contributed by atoms with E-state index in [9.17, 15) is 4.91 Å². The molecule has 0 aliphatic carbocycles. The first kappa shape index (κ1) is 28.4. The van der Waals surface area contributed by atoms with Crippen LogP contribution in [0.5, 0.6) is 0 Å². The Bertz CT molecular complexity index is 1150. The van der Waals surface area contributed by atoms with Gasteiger partial charge in [0, 0.05) is 32.4 Å². The zero-order chi connectivity index (χ0) is 27.2. The SMILES string of the molecule is CCCCC(CC)CNc1nc(N)nc(NCCCN(C)c2ccc(N=Nc3ccc(N=O)cc3)cc2)n1. The van der Waals surface area contributed by atoms with E-state index in [0.717, 1.165) is 37.3 Å². The highest BCUT2D eigenvalue weighted by Gasteiger charge is 2.09. The Balaban J connectivity index is 1.43. The lowest BCUT2D eigenvalue weighted by atomic mass is 9.99. The van der Waals surface area contributed by atoms with E-state index in [1.807, 2.05) is 31.3 Å². The number of hydrogen-bond acceptors (Lipinski definition) is 11. The Morgan fingerprint density at radius 3 is 2.08 bits per heavy atom. The quantitative estimate of drug-likeness (QED) is 0.106. The van der Waals surface area contributed by atoms with Crippen LogP contribution in [0.25, 0.3) is 0 Å². The molecule has 1 unspecified atom stereocenters. The van der Waals surface area contributed by atoms with Crippen LogP contribution in [0.4, 0.5) is 40.6 Å². The van der Waals surface area contributed by atoms with Crippen molar-refractivity contribution in [2.45, 2.75) is 46.0 Å². The van der Waals surface area contributed by atoms with E-state index < -0.39 is 0 Å². The highest BCUT2D eigenvalue weighted by atomic mass is 16.3. The van der Waals surface area contributed by atoms with Crippen LogP contribution in [0.1, 0.15) is 46.0 Å². The summed E-state index contributed by atoms with van der Waals surface area (Å²) in [7, 11) is 2.05. The predicted octanol–water partition coefficient (Wildman–Crippen LogP) is 6.83. The van der Waals surface area contributed by atoms with Crippen LogP contribution in [-0.4, -0.2) is 41.6 Å². The summed E-state index contributed by atoms with van der Waals surface area (Å²) in [5.41, 5.74) is 8.75. The number of nitrogen functional groups attached to an aromatic ring is 1. The summed E-state index contributed by atoms with van der Waals surface area (Å²) >= 11 is 0. The Morgan fingerprint density at radius 1 is 0.868 bits per heavy atom. The number of aromatic nitrogens is 3. The maximum absolute atomic E-state index is 10.5. The number of rotatable bonds is 16. The van der Waals surface area contributed by atoms with E-state index in [4.69, 9.17) is 5.73 Å². The molecular formula is C27H38N10O. The Labute approximate surface area is 224 Å². The topological polar surface area (TPSA) is 146 Å². The van der Waals surface area contributed by atoms with Crippen molar-refractivity contribution in [2.75, 3.05) is 47.9 Å². The van der Waals surface area contributed by atoms with Crippen molar-refractivity contribution in [1.82, 2.24) is 15.0 Å². The molecule has 202 valence electrons. The maximum atomic E-state index is 10.5. The van der Waals surface area contributed by atoms with E-state index >= 15 is 0 Å². The Kier molecular flexibility index (Phi) is 11.4. The predicted molar refractivity (Wildman–Crippen MR) is 155 cm³/mol. The second-order valence-electron chi connectivity index (χ2n) is 9.16. The molecule has 0 aliphatic heterocycles. The molecule has 0 amide bonds. The van der Waals surface area contributed by atoms with Gasteiger partial charge in [0.1, 0.15) is 5.69 Å². The molecule has 0 aliphatic rings. The average molecular weight is 519 g/mol. The molecule has 0 spiro atoms. The third kappa shape index (κ3) is 9.38. The van der Waals surface area contributed by atoms with Gasteiger partial charge >= 0.3 is 0 Å². The molecule has 11 nitrogen and oxygen atoms in total. The first-order chi connectivity index (χ1) is 18.5. The highest BCUT2D eigenvalue weighted by molar-refractivity contribution is 5.53. The minimum atomic E-state index is 0.205. The largest absolute Gasteiger partial charge is 0.375 e. The molecule has 38 heavy (non-hydrogen) atoms. The van der Waals surface area contributed by atoms with Crippen LogP contribution in [0.2, 0.25) is 0 Å². The molecule has 1 heterocycles. The number of unbranched alkanes of at least 4 members (excludes halogenated alkanes) is 1. The van der Waals surface area contributed by atoms with E-state index in [1.165, 1.54) is 19.3 Å². The summed E-state index contributed by atoms with van der Waals surface area (Å²) in [4.78, 5) is 25.6. The molecule has 3 rings (SSSR count). The molecular weight excluding hydrogens is 480 g/mol. The van der Waals surface area contributed by atoms with E-state index in [2.05, 4.69) is 59.7 Å². The van der Waals surface area contributed by atoms with Crippen LogP contribution >= 0.6 is 0 Å². The second kappa shape index (κ2) is 15.2. The van der Waals surface area contributed by atoms with Gasteiger partial charge in [0.25, 0.3) is 0 Å². The zero-order valence-corrected chi connectivity index (χ0v) is 22.5. The molecule has 3 aromatic rings. The van der Waals surface area contributed by atoms with E-state index in [-0.39, 0.29) is 5.95 Å². The molecule has 1 atom stereocenters. The van der Waals surface area contributed by atoms with Gasteiger partial charge in [-0.15, -0.1) is 4.91 Å². The number of nitrogens with two attached hydrogens (primary N) is 1. The van der Waals surface area contributed by atoms with Gasteiger partial charge in [-0.3, -0.25) is 0 Å². The monoisotopic (exact) mass is 518 g/mol. The van der Waals surface area contributed by atoms with Gasteiger partial charge in [-0.25, -0.2) is 0 Å². The van der Waals surface area contributed by atoms with Crippen molar-refractivity contribution in [3.8, 4) is 0 Å². The molecule has 0 saturated heterocycles. The Hall–Kier alpha value is -4.15. The summed E-state index contributed by atoms with van der Waals surface area (Å²) in [5.74, 6) is 1.79. The first-order valence-corrected chi connectivity index (χ1v) is 13.2. The summed E-state index contributed by atoms with van der Waals surface area (Å²) in [5, 5.41) is 17.9. The fraction of sp³-hybridized carbons (Fsp3) is 0.444. The maximum Gasteiger partial charge on any atom is 0.229 e. The third-order valence-electron chi connectivity index (χ3n) is 6.22. The van der Waals surface area contributed by atoms with Gasteiger partial charge in [0.2, 0.25) is 17.8 Å². The Morgan fingerprint density at radius 2 is 1.47 bits per heavy atom. The van der Waals surface area contributed by atoms with Gasteiger partial charge in [-0.2, -0.15) is 25.2 Å². The van der Waals surface area contributed by atoms with Crippen molar-refractivity contribution < 1.29 is 0 Å². The smallest absolute Gasteiger partial charge is 0.229 e. The standard InChI is InChI=1S/C27H38N10O/c1-4-6-8-20(5-2)19-30-27-32-25(28)31-26(33-27)29-17-7-18-37(3)24-15-13-22(14-16-24)35-34-21-9-11-23(36-38)12-10-21/h9-16,20H,4-8,17-19H2,1-3H3,(H4,28,29,30,31,32,33). The lowest BCUT2D eigenvalue weighted by molar-refractivity contribution is 0.472. The van der Waals surface area contributed by atoms with E-state index in [1.54, 1.807) is 24.3 Å². The van der Waals surface area contributed by atoms with Gasteiger partial charge in [-0.1, -0.05) is 33.1 Å². The fourth-order valence-corrected chi connectivity index (χ4v) is 3.84. The summed E-state index contributed by atoms with van der Waals surface area (Å²) in [6, 6.07) is 14.5. The third-order valence-corrected chi connectivity index (χ3v) is 6.22. The van der Waals surface area contributed by atoms with Crippen LogP contribution in [0, 0.1) is 10.8 Å². The highest BCUT2D eigenvalue weighted by Crippen LogP contribution is 2.23. The number of nitrogens with one attached hydrogen (secondary N) is 2. The van der Waals surface area contributed by atoms with Gasteiger partial charge in [0.05, 0.1) is 11.4 Å². The van der Waals surface area contributed by atoms with Gasteiger partial charge in [0.15, 0.2) is 0 Å². The van der Waals surface area contributed by atoms with Crippen molar-refractivity contribution >= 4 is 40.6 Å². The zero-order valence-electron chi connectivity index (χ0n) is 22.5. The molecule has 0 fully saturated rings. The lowest BCUT2D eigenvalue weighted by Gasteiger charge is -2.19. The fourth-order valence-electron chi connectivity index (χ4n) is 3.84. The summed E-state index contributed by atoms with van der Waals surface area (Å²) in [6.45, 7) is 6.80. The molecule has 11 heteroatoms. The number of anilines is 4. The second-order valence-corrected chi connectivity index (χ2v) is 9.16. The van der Waals surface area contributed by atoms with Crippen molar-refractivity contribution in [1.29, 1.82) is 0 Å². The number of nitroso groups, excluding NO2 is 1. The number of hydrogen-bond donors (Lipinski definition) is 3. The molecule has 2 aromatic carbocycles. The van der Waals surface area contributed by atoms with Crippen LogP contribution < -0.4 is 21.3 Å². The van der Waals surface area contributed by atoms with Crippen LogP contribution in [0.3, 0.4) is 0 Å². The normalized spacial score (nSPS) is 11.9. The minimum Gasteiger partial charge on any atom is -0.375 e. The van der Waals surface area contributed by atoms with Gasteiger partial charge in [-0.05, 0) is 72.5 Å². The van der Waals surface area contributed by atoms with Crippen molar-refractivity contribution in [2.24, 2.45) is 21.3 Å². The number of benzene rings is 2. The minimum absolute atomic E-state index is 0.205. The summed E-state index contributed by atoms with van der Waals surface area (Å²) < 4.78 is 0. The summed E-state index contributed by atoms with van der Waals surface area (Å²) in [6.07, 6.45) is 5.63. The lowest BCUT2D eigenvalue weighted by Crippen LogP contribution is -2.21. The number of azo groups is 1. The van der Waals surface area contributed by atoms with Gasteiger partial charge < -0.3 is 21.3 Å². The van der Waals surface area contributed by atoms with E-state index in [0.29, 0.717) is 35.7 Å². The van der Waals surface area contributed by atoms with Crippen molar-refractivity contribution in [3.63, 3.8) is 0 Å². The molecule has 1 aromatic heterocycles. The van der Waals surface area contributed by atoms with Crippen molar-refractivity contribution in [3.05, 3.63) is 53.4 Å². The molecule has 0 saturated carbocycles.